The molecule has 0 saturated heterocycles. The Balaban J connectivity index is 1.54. The van der Waals surface area contributed by atoms with Crippen LogP contribution in [-0.4, -0.2) is 16.2 Å². The van der Waals surface area contributed by atoms with Crippen LogP contribution >= 0.6 is 0 Å². The summed E-state index contributed by atoms with van der Waals surface area (Å²) in [6.45, 7) is 2.54. The minimum absolute atomic E-state index is 0.221. The van der Waals surface area contributed by atoms with Crippen molar-refractivity contribution in [3.8, 4) is 11.1 Å². The highest BCUT2D eigenvalue weighted by Gasteiger charge is 2.03. The lowest BCUT2D eigenvalue weighted by Crippen LogP contribution is -2.28. The number of hydrogen-bond acceptors (Lipinski definition) is 2. The van der Waals surface area contributed by atoms with Crippen LogP contribution in [-0.2, 0) is 6.54 Å². The Morgan fingerprint density at radius 3 is 2.43 bits per heavy atom. The summed E-state index contributed by atoms with van der Waals surface area (Å²) in [4.78, 5) is 11.9. The third-order valence-corrected chi connectivity index (χ3v) is 3.55. The molecule has 2 amide bonds. The summed E-state index contributed by atoms with van der Waals surface area (Å²) in [5.74, 6) is 0. The Hall–Kier alpha value is -3.08. The normalized spacial score (nSPS) is 10.3. The van der Waals surface area contributed by atoms with Gasteiger partial charge in [-0.3, -0.25) is 5.10 Å². The maximum absolute atomic E-state index is 11.9. The van der Waals surface area contributed by atoms with Gasteiger partial charge in [-0.1, -0.05) is 42.0 Å². The number of urea groups is 1. The lowest BCUT2D eigenvalue weighted by molar-refractivity contribution is 0.251. The summed E-state index contributed by atoms with van der Waals surface area (Å²) in [7, 11) is 0. The molecule has 0 bridgehead atoms. The molecule has 5 nitrogen and oxygen atoms in total. The van der Waals surface area contributed by atoms with Gasteiger partial charge in [0, 0.05) is 24.0 Å². The van der Waals surface area contributed by atoms with Crippen molar-refractivity contribution in [2.24, 2.45) is 0 Å². The fourth-order valence-corrected chi connectivity index (χ4v) is 2.22. The molecule has 0 aliphatic heterocycles. The molecule has 2 aromatic carbocycles. The summed E-state index contributed by atoms with van der Waals surface area (Å²) in [6, 6.07) is 15.5. The van der Waals surface area contributed by atoms with Crippen molar-refractivity contribution >= 4 is 11.7 Å². The van der Waals surface area contributed by atoms with Crippen molar-refractivity contribution in [1.29, 1.82) is 0 Å². The average Bonchev–Trinajstić information content (AvgIpc) is 3.09. The van der Waals surface area contributed by atoms with E-state index in [0.717, 1.165) is 22.4 Å². The highest BCUT2D eigenvalue weighted by atomic mass is 16.2. The molecule has 0 aliphatic carbocycles. The first-order valence-electron chi connectivity index (χ1n) is 7.40. The molecule has 116 valence electrons. The largest absolute Gasteiger partial charge is 0.334 e. The molecule has 3 N–H and O–H groups in total. The van der Waals surface area contributed by atoms with Crippen molar-refractivity contribution in [1.82, 2.24) is 15.5 Å². The van der Waals surface area contributed by atoms with Crippen LogP contribution in [0, 0.1) is 6.92 Å². The van der Waals surface area contributed by atoms with E-state index in [-0.39, 0.29) is 6.03 Å². The van der Waals surface area contributed by atoms with E-state index < -0.39 is 0 Å². The van der Waals surface area contributed by atoms with Crippen LogP contribution in [0.3, 0.4) is 0 Å². The first kappa shape index (κ1) is 14.8. The van der Waals surface area contributed by atoms with Gasteiger partial charge in [0.2, 0.25) is 0 Å². The van der Waals surface area contributed by atoms with E-state index in [4.69, 9.17) is 0 Å². The molecular formula is C18H18N4O. The van der Waals surface area contributed by atoms with E-state index >= 15 is 0 Å². The molecule has 0 radical (unpaired) electrons. The van der Waals surface area contributed by atoms with Gasteiger partial charge in [0.25, 0.3) is 0 Å². The van der Waals surface area contributed by atoms with Crippen molar-refractivity contribution in [3.63, 3.8) is 0 Å². The number of hydrogen-bond donors (Lipinski definition) is 3. The molecule has 0 spiro atoms. The molecule has 3 rings (SSSR count). The molecule has 3 aromatic rings. The Morgan fingerprint density at radius 2 is 1.78 bits per heavy atom. The van der Waals surface area contributed by atoms with Gasteiger partial charge in [-0.2, -0.15) is 5.10 Å². The van der Waals surface area contributed by atoms with Crippen molar-refractivity contribution in [2.75, 3.05) is 5.32 Å². The second kappa shape index (κ2) is 6.79. The van der Waals surface area contributed by atoms with Crippen LogP contribution in [0.2, 0.25) is 0 Å². The molecule has 5 heteroatoms. The fourth-order valence-electron chi connectivity index (χ4n) is 2.22. The number of nitrogens with one attached hydrogen (secondary N) is 3. The first-order valence-corrected chi connectivity index (χ1v) is 7.40. The van der Waals surface area contributed by atoms with Crippen LogP contribution in [0.1, 0.15) is 11.1 Å². The molecule has 1 heterocycles. The zero-order valence-corrected chi connectivity index (χ0v) is 12.8. The third kappa shape index (κ3) is 3.97. The van der Waals surface area contributed by atoms with Gasteiger partial charge in [-0.15, -0.1) is 0 Å². The van der Waals surface area contributed by atoms with Gasteiger partial charge < -0.3 is 10.6 Å². The van der Waals surface area contributed by atoms with Gasteiger partial charge in [0.1, 0.15) is 0 Å². The quantitative estimate of drug-likeness (QED) is 0.687. The van der Waals surface area contributed by atoms with Crippen LogP contribution < -0.4 is 10.6 Å². The lowest BCUT2D eigenvalue weighted by Gasteiger charge is -2.08. The van der Waals surface area contributed by atoms with Crippen molar-refractivity contribution in [3.05, 3.63) is 72.1 Å². The van der Waals surface area contributed by atoms with Crippen LogP contribution in [0.25, 0.3) is 11.1 Å². The molecule has 0 atom stereocenters. The lowest BCUT2D eigenvalue weighted by atomic mass is 10.1. The number of nitrogens with zero attached hydrogens (tertiary/aromatic N) is 1. The second-order valence-electron chi connectivity index (χ2n) is 5.36. The number of H-pyrrole nitrogens is 1. The maximum Gasteiger partial charge on any atom is 0.319 e. The maximum atomic E-state index is 11.9. The van der Waals surface area contributed by atoms with Gasteiger partial charge in [-0.25, -0.2) is 4.79 Å². The topological polar surface area (TPSA) is 69.8 Å². The van der Waals surface area contributed by atoms with Crippen molar-refractivity contribution in [2.45, 2.75) is 13.5 Å². The van der Waals surface area contributed by atoms with E-state index in [0.29, 0.717) is 6.54 Å². The minimum atomic E-state index is -0.221. The summed E-state index contributed by atoms with van der Waals surface area (Å²) in [5.41, 5.74) is 5.08. The van der Waals surface area contributed by atoms with Crippen LogP contribution in [0.15, 0.2) is 60.9 Å². The smallest absolute Gasteiger partial charge is 0.319 e. The predicted molar refractivity (Wildman–Crippen MR) is 91.1 cm³/mol. The zero-order valence-electron chi connectivity index (χ0n) is 12.8. The number of carbonyl (C=O) groups is 1. The van der Waals surface area contributed by atoms with Crippen LogP contribution in [0.5, 0.6) is 0 Å². The van der Waals surface area contributed by atoms with Crippen molar-refractivity contribution < 1.29 is 4.79 Å². The Morgan fingerprint density at radius 1 is 1.04 bits per heavy atom. The van der Waals surface area contributed by atoms with E-state index in [1.165, 1.54) is 5.56 Å². The molecule has 1 aromatic heterocycles. The number of aromatic nitrogens is 2. The van der Waals surface area contributed by atoms with Gasteiger partial charge in [0.05, 0.1) is 6.20 Å². The summed E-state index contributed by atoms with van der Waals surface area (Å²) >= 11 is 0. The van der Waals surface area contributed by atoms with E-state index in [1.807, 2.05) is 61.7 Å². The summed E-state index contributed by atoms with van der Waals surface area (Å²) < 4.78 is 0. The number of amides is 2. The van der Waals surface area contributed by atoms with Crippen LogP contribution in [0.4, 0.5) is 10.5 Å². The number of aromatic amines is 1. The second-order valence-corrected chi connectivity index (χ2v) is 5.36. The van der Waals surface area contributed by atoms with E-state index in [1.54, 1.807) is 6.20 Å². The van der Waals surface area contributed by atoms with Gasteiger partial charge >= 0.3 is 6.03 Å². The Labute approximate surface area is 134 Å². The van der Waals surface area contributed by atoms with Gasteiger partial charge in [-0.05, 0) is 30.2 Å². The molecule has 0 unspecified atom stereocenters. The Bertz CT molecular complexity index is 762. The Kier molecular flexibility index (Phi) is 4.38. The average molecular weight is 306 g/mol. The molecule has 23 heavy (non-hydrogen) atoms. The fraction of sp³-hybridized carbons (Fsp3) is 0.111. The SMILES string of the molecule is Cc1ccc(CNC(=O)Nc2ccc(-c3cn[nH]c3)cc2)cc1. The molecule has 0 saturated carbocycles. The minimum Gasteiger partial charge on any atom is -0.334 e. The third-order valence-electron chi connectivity index (χ3n) is 3.55. The summed E-state index contributed by atoms with van der Waals surface area (Å²) in [6.07, 6.45) is 3.59. The zero-order chi connectivity index (χ0) is 16.1. The number of carbonyl (C=O) groups excluding carboxylic acids is 1. The highest BCUT2D eigenvalue weighted by Crippen LogP contribution is 2.19. The number of rotatable bonds is 4. The molecular weight excluding hydrogens is 288 g/mol. The number of aryl methyl sites for hydroxylation is 1. The van der Waals surface area contributed by atoms with Gasteiger partial charge in [0.15, 0.2) is 0 Å². The first-order chi connectivity index (χ1) is 11.2. The monoisotopic (exact) mass is 306 g/mol. The van der Waals surface area contributed by atoms with E-state index in [9.17, 15) is 4.79 Å². The predicted octanol–water partition coefficient (Wildman–Crippen LogP) is 3.71. The summed E-state index contributed by atoms with van der Waals surface area (Å²) in [5, 5.41) is 12.4. The highest BCUT2D eigenvalue weighted by molar-refractivity contribution is 5.89. The van der Waals surface area contributed by atoms with E-state index in [2.05, 4.69) is 20.8 Å². The standard InChI is InChI=1S/C18H18N4O/c1-13-2-4-14(5-3-13)10-19-18(23)22-17-8-6-15(7-9-17)16-11-20-21-12-16/h2-9,11-12H,10H2,1H3,(H,20,21)(H2,19,22,23). The molecule has 0 fully saturated rings. The number of benzene rings is 2. The number of anilines is 1. The molecule has 0 aliphatic rings.